The number of halogens is 1. The number of Topliss-reactive ketones (excluding diaryl/α,β-unsaturated/α-hetero) is 1. The van der Waals surface area contributed by atoms with Gasteiger partial charge in [0.15, 0.2) is 12.4 Å². The molecule has 2 aromatic rings. The molecule has 1 aliphatic heterocycles. The van der Waals surface area contributed by atoms with E-state index in [0.29, 0.717) is 36.4 Å². The van der Waals surface area contributed by atoms with Crippen LogP contribution in [0.1, 0.15) is 49.7 Å². The number of rotatable bonds is 7. The summed E-state index contributed by atoms with van der Waals surface area (Å²) < 4.78 is 5.27. The van der Waals surface area contributed by atoms with Crippen molar-refractivity contribution in [1.29, 1.82) is 0 Å². The molecule has 2 aliphatic rings. The van der Waals surface area contributed by atoms with Crippen LogP contribution in [-0.4, -0.2) is 48.7 Å². The predicted molar refractivity (Wildman–Crippen MR) is 132 cm³/mol. The van der Waals surface area contributed by atoms with E-state index in [1.54, 1.807) is 48.3 Å². The molecule has 2 fully saturated rings. The van der Waals surface area contributed by atoms with Crippen molar-refractivity contribution in [2.75, 3.05) is 25.1 Å². The summed E-state index contributed by atoms with van der Waals surface area (Å²) in [5, 5.41) is 0.429. The number of hydrogen-bond acceptors (Lipinski definition) is 5. The van der Waals surface area contributed by atoms with Crippen LogP contribution in [0.4, 0.5) is 5.69 Å². The SMILES string of the molecule is CN(C(=O)COC(=O)Cc1ccc(N2CCCC2=O)cc1)C1(c2ccccc2Cl)CCCCC1=O. The Morgan fingerprint density at radius 3 is 2.43 bits per heavy atom. The van der Waals surface area contributed by atoms with Crippen LogP contribution in [0, 0.1) is 0 Å². The minimum atomic E-state index is -1.16. The van der Waals surface area contributed by atoms with Crippen LogP contribution in [0.25, 0.3) is 0 Å². The molecule has 184 valence electrons. The Morgan fingerprint density at radius 1 is 1.03 bits per heavy atom. The summed E-state index contributed by atoms with van der Waals surface area (Å²) in [5.74, 6) is -0.962. The van der Waals surface area contributed by atoms with Crippen molar-refractivity contribution in [2.45, 2.75) is 50.5 Å². The van der Waals surface area contributed by atoms with Gasteiger partial charge in [-0.2, -0.15) is 0 Å². The fourth-order valence-electron chi connectivity index (χ4n) is 5.01. The number of ether oxygens (including phenoxy) is 1. The summed E-state index contributed by atoms with van der Waals surface area (Å²) in [4.78, 5) is 53.7. The van der Waals surface area contributed by atoms with Crippen LogP contribution >= 0.6 is 11.6 Å². The van der Waals surface area contributed by atoms with Crippen LogP contribution < -0.4 is 4.90 Å². The Morgan fingerprint density at radius 2 is 1.77 bits per heavy atom. The number of benzene rings is 2. The molecule has 7 nitrogen and oxygen atoms in total. The van der Waals surface area contributed by atoms with Crippen molar-refractivity contribution in [3.8, 4) is 0 Å². The first-order valence-electron chi connectivity index (χ1n) is 11.9. The Hall–Kier alpha value is -3.19. The molecule has 0 aromatic heterocycles. The van der Waals surface area contributed by atoms with E-state index in [1.807, 2.05) is 12.1 Å². The Balaban J connectivity index is 1.39. The van der Waals surface area contributed by atoms with Crippen molar-refractivity contribution >= 4 is 40.9 Å². The molecule has 1 atom stereocenters. The third-order valence-corrected chi connectivity index (χ3v) is 7.28. The molecule has 2 aromatic carbocycles. The lowest BCUT2D eigenvalue weighted by molar-refractivity contribution is -0.157. The molecule has 0 N–H and O–H groups in total. The monoisotopic (exact) mass is 496 g/mol. The van der Waals surface area contributed by atoms with Gasteiger partial charge in [-0.25, -0.2) is 0 Å². The summed E-state index contributed by atoms with van der Waals surface area (Å²) in [6.45, 7) is 0.239. The molecular formula is C27H29ClN2O5. The molecule has 1 saturated heterocycles. The summed E-state index contributed by atoms with van der Waals surface area (Å²) in [7, 11) is 1.57. The van der Waals surface area contributed by atoms with Gasteiger partial charge in [0.05, 0.1) is 6.42 Å². The number of esters is 1. The van der Waals surface area contributed by atoms with E-state index in [-0.39, 0.29) is 18.1 Å². The minimum absolute atomic E-state index is 0.000191. The largest absolute Gasteiger partial charge is 0.455 e. The molecule has 1 aliphatic carbocycles. The van der Waals surface area contributed by atoms with Gasteiger partial charge in [-0.05, 0) is 49.4 Å². The van der Waals surface area contributed by atoms with Crippen LogP contribution in [0.15, 0.2) is 48.5 Å². The zero-order valence-electron chi connectivity index (χ0n) is 19.8. The van der Waals surface area contributed by atoms with Gasteiger partial charge in [0.25, 0.3) is 5.91 Å². The maximum atomic E-state index is 13.2. The standard InChI is InChI=1S/C27H29ClN2O5/c1-29(27(15-5-4-9-23(27)31)21-7-2-3-8-22(21)28)25(33)18-35-26(34)17-19-11-13-20(14-12-19)30-16-6-10-24(30)32/h2-3,7-8,11-14H,4-6,9-10,15-18H2,1H3. The maximum Gasteiger partial charge on any atom is 0.310 e. The van der Waals surface area contributed by atoms with Gasteiger partial charge >= 0.3 is 5.97 Å². The van der Waals surface area contributed by atoms with Gasteiger partial charge < -0.3 is 14.5 Å². The lowest BCUT2D eigenvalue weighted by Gasteiger charge is -2.43. The third-order valence-electron chi connectivity index (χ3n) is 6.95. The Labute approximate surface area is 210 Å². The number of likely N-dealkylation sites (N-methyl/N-ethyl adjacent to an activating group) is 1. The van der Waals surface area contributed by atoms with Crippen LogP contribution in [-0.2, 0) is 35.9 Å². The van der Waals surface area contributed by atoms with Gasteiger partial charge in [-0.3, -0.25) is 19.2 Å². The van der Waals surface area contributed by atoms with E-state index in [4.69, 9.17) is 16.3 Å². The molecule has 35 heavy (non-hydrogen) atoms. The van der Waals surface area contributed by atoms with Crippen molar-refractivity contribution in [1.82, 2.24) is 4.90 Å². The lowest BCUT2D eigenvalue weighted by Crippen LogP contribution is -2.55. The summed E-state index contributed by atoms with van der Waals surface area (Å²) in [5.41, 5.74) is 0.970. The van der Waals surface area contributed by atoms with E-state index in [0.717, 1.165) is 30.5 Å². The van der Waals surface area contributed by atoms with Gasteiger partial charge in [-0.15, -0.1) is 0 Å². The zero-order chi connectivity index (χ0) is 25.0. The highest BCUT2D eigenvalue weighted by Gasteiger charge is 2.48. The number of carbonyl (C=O) groups is 4. The molecule has 0 spiro atoms. The van der Waals surface area contributed by atoms with Crippen molar-refractivity contribution < 1.29 is 23.9 Å². The average molecular weight is 497 g/mol. The average Bonchev–Trinajstić information content (AvgIpc) is 3.29. The number of anilines is 1. The quantitative estimate of drug-likeness (QED) is 0.540. The van der Waals surface area contributed by atoms with Crippen molar-refractivity contribution in [2.24, 2.45) is 0 Å². The number of ketones is 1. The Bertz CT molecular complexity index is 1130. The van der Waals surface area contributed by atoms with Crippen LogP contribution in [0.2, 0.25) is 5.02 Å². The van der Waals surface area contributed by atoms with E-state index in [2.05, 4.69) is 0 Å². The third kappa shape index (κ3) is 5.10. The molecule has 0 bridgehead atoms. The number of amides is 2. The normalized spacial score (nSPS) is 20.1. The minimum Gasteiger partial charge on any atom is -0.455 e. The zero-order valence-corrected chi connectivity index (χ0v) is 20.6. The smallest absolute Gasteiger partial charge is 0.310 e. The highest BCUT2D eigenvalue weighted by molar-refractivity contribution is 6.31. The van der Waals surface area contributed by atoms with E-state index < -0.39 is 24.0 Å². The van der Waals surface area contributed by atoms with Gasteiger partial charge in [0, 0.05) is 42.7 Å². The summed E-state index contributed by atoms with van der Waals surface area (Å²) >= 11 is 6.44. The fraction of sp³-hybridized carbons (Fsp3) is 0.407. The van der Waals surface area contributed by atoms with E-state index in [1.165, 1.54) is 4.90 Å². The molecule has 2 amide bonds. The van der Waals surface area contributed by atoms with Gasteiger partial charge in [0.2, 0.25) is 5.91 Å². The number of carbonyl (C=O) groups excluding carboxylic acids is 4. The molecule has 1 unspecified atom stereocenters. The van der Waals surface area contributed by atoms with E-state index >= 15 is 0 Å². The maximum absolute atomic E-state index is 13.2. The molecular weight excluding hydrogens is 468 g/mol. The van der Waals surface area contributed by atoms with Gasteiger partial charge in [0.1, 0.15) is 5.54 Å². The summed E-state index contributed by atoms with van der Waals surface area (Å²) in [6, 6.07) is 14.3. The second-order valence-corrected chi connectivity index (χ2v) is 9.48. The molecule has 4 rings (SSSR count). The number of hydrogen-bond donors (Lipinski definition) is 0. The van der Waals surface area contributed by atoms with Crippen molar-refractivity contribution in [3.63, 3.8) is 0 Å². The van der Waals surface area contributed by atoms with Gasteiger partial charge in [-0.1, -0.05) is 41.9 Å². The predicted octanol–water partition coefficient (Wildman–Crippen LogP) is 4.05. The van der Waals surface area contributed by atoms with Crippen LogP contribution in [0.5, 0.6) is 0 Å². The first kappa shape index (κ1) is 24.9. The van der Waals surface area contributed by atoms with Crippen LogP contribution in [0.3, 0.4) is 0 Å². The lowest BCUT2D eigenvalue weighted by atomic mass is 9.74. The molecule has 8 heteroatoms. The number of nitrogens with zero attached hydrogens (tertiary/aromatic N) is 2. The van der Waals surface area contributed by atoms with Crippen molar-refractivity contribution in [3.05, 3.63) is 64.7 Å². The summed E-state index contributed by atoms with van der Waals surface area (Å²) in [6.07, 6.45) is 3.79. The molecule has 1 saturated carbocycles. The molecule has 1 heterocycles. The second-order valence-electron chi connectivity index (χ2n) is 9.08. The topological polar surface area (TPSA) is 84.0 Å². The fourth-order valence-corrected chi connectivity index (χ4v) is 5.31. The molecule has 0 radical (unpaired) electrons. The van der Waals surface area contributed by atoms with E-state index in [9.17, 15) is 19.2 Å². The highest BCUT2D eigenvalue weighted by Crippen LogP contribution is 2.42. The highest BCUT2D eigenvalue weighted by atomic mass is 35.5. The Kier molecular flexibility index (Phi) is 7.55. The first-order chi connectivity index (χ1) is 16.8. The second kappa shape index (κ2) is 10.6. The first-order valence-corrected chi connectivity index (χ1v) is 12.3.